The molecule has 0 aliphatic carbocycles. The molecule has 35 heavy (non-hydrogen) atoms. The normalized spacial score (nSPS) is 16.4. The van der Waals surface area contributed by atoms with Crippen molar-refractivity contribution in [2.24, 2.45) is 0 Å². The van der Waals surface area contributed by atoms with Crippen LogP contribution in [-0.4, -0.2) is 34.0 Å². The SMILES string of the molecule is CCc1ccc(C[C@]2(C)Cc3cc(C(=O)N(CCC(=O)O)Cc4ccc(Cl)cc4)ccc3O2)cc1. The lowest BCUT2D eigenvalue weighted by atomic mass is 9.91. The minimum absolute atomic E-state index is 0.121. The molecule has 0 radical (unpaired) electrons. The van der Waals surface area contributed by atoms with Gasteiger partial charge >= 0.3 is 5.97 Å². The number of carbonyl (C=O) groups is 2. The van der Waals surface area contributed by atoms with Crippen molar-refractivity contribution in [3.8, 4) is 5.75 Å². The zero-order valence-corrected chi connectivity index (χ0v) is 20.8. The molecule has 1 aliphatic heterocycles. The van der Waals surface area contributed by atoms with Gasteiger partial charge in [-0.05, 0) is 65.9 Å². The Morgan fingerprint density at radius 1 is 1.00 bits per heavy atom. The molecule has 1 N–H and O–H groups in total. The van der Waals surface area contributed by atoms with Crippen LogP contribution in [0.15, 0.2) is 66.7 Å². The minimum atomic E-state index is -0.941. The van der Waals surface area contributed by atoms with Crippen LogP contribution in [0, 0.1) is 0 Å². The highest BCUT2D eigenvalue weighted by atomic mass is 35.5. The van der Waals surface area contributed by atoms with Crippen molar-refractivity contribution >= 4 is 23.5 Å². The number of ether oxygens (including phenoxy) is 1. The van der Waals surface area contributed by atoms with Crippen LogP contribution >= 0.6 is 11.6 Å². The lowest BCUT2D eigenvalue weighted by Crippen LogP contribution is -2.33. The number of amides is 1. The molecular formula is C29H30ClNO4. The molecule has 1 amide bonds. The van der Waals surface area contributed by atoms with Crippen molar-refractivity contribution in [2.75, 3.05) is 6.54 Å². The van der Waals surface area contributed by atoms with Crippen LogP contribution in [0.2, 0.25) is 5.02 Å². The number of rotatable bonds is 9. The van der Waals surface area contributed by atoms with Crippen molar-refractivity contribution < 1.29 is 19.4 Å². The van der Waals surface area contributed by atoms with Crippen molar-refractivity contribution in [2.45, 2.75) is 51.7 Å². The molecule has 4 rings (SSSR count). The van der Waals surface area contributed by atoms with Crippen LogP contribution < -0.4 is 4.74 Å². The monoisotopic (exact) mass is 491 g/mol. The number of halogens is 1. The third-order valence-corrected chi connectivity index (χ3v) is 6.66. The maximum Gasteiger partial charge on any atom is 0.305 e. The maximum atomic E-state index is 13.4. The van der Waals surface area contributed by atoms with Gasteiger partial charge < -0.3 is 14.7 Å². The van der Waals surface area contributed by atoms with Crippen LogP contribution in [0.3, 0.4) is 0 Å². The smallest absolute Gasteiger partial charge is 0.305 e. The van der Waals surface area contributed by atoms with Gasteiger partial charge in [0.25, 0.3) is 5.91 Å². The molecule has 1 heterocycles. The molecule has 0 aromatic heterocycles. The van der Waals surface area contributed by atoms with Gasteiger partial charge in [-0.2, -0.15) is 0 Å². The Kier molecular flexibility index (Phi) is 7.46. The Hall–Kier alpha value is -3.31. The van der Waals surface area contributed by atoms with E-state index in [1.165, 1.54) is 11.1 Å². The molecule has 182 valence electrons. The first-order chi connectivity index (χ1) is 16.7. The van der Waals surface area contributed by atoms with E-state index in [0.717, 1.165) is 29.7 Å². The van der Waals surface area contributed by atoms with Gasteiger partial charge in [-0.1, -0.05) is 54.9 Å². The average Bonchev–Trinajstić information content (AvgIpc) is 3.17. The Bertz CT molecular complexity index is 1210. The summed E-state index contributed by atoms with van der Waals surface area (Å²) < 4.78 is 6.32. The van der Waals surface area contributed by atoms with Crippen LogP contribution in [-0.2, 0) is 30.6 Å². The van der Waals surface area contributed by atoms with E-state index in [4.69, 9.17) is 16.3 Å². The van der Waals surface area contributed by atoms with E-state index in [0.29, 0.717) is 23.6 Å². The zero-order chi connectivity index (χ0) is 25.0. The number of aliphatic carboxylic acids is 1. The lowest BCUT2D eigenvalue weighted by Gasteiger charge is -2.24. The van der Waals surface area contributed by atoms with E-state index in [-0.39, 0.29) is 24.5 Å². The Morgan fingerprint density at radius 2 is 1.66 bits per heavy atom. The first kappa shape index (κ1) is 24.8. The zero-order valence-electron chi connectivity index (χ0n) is 20.1. The number of fused-ring (bicyclic) bond motifs is 1. The molecule has 0 unspecified atom stereocenters. The predicted octanol–water partition coefficient (Wildman–Crippen LogP) is 5.96. The average molecular weight is 492 g/mol. The second kappa shape index (κ2) is 10.5. The number of hydrogen-bond donors (Lipinski definition) is 1. The van der Waals surface area contributed by atoms with E-state index in [1.54, 1.807) is 23.1 Å². The number of hydrogen-bond acceptors (Lipinski definition) is 3. The number of benzene rings is 3. The number of carboxylic acids is 1. The summed E-state index contributed by atoms with van der Waals surface area (Å²) in [6.07, 6.45) is 2.36. The molecule has 0 fully saturated rings. The van der Waals surface area contributed by atoms with Crippen molar-refractivity contribution in [1.82, 2.24) is 4.90 Å². The van der Waals surface area contributed by atoms with Crippen molar-refractivity contribution in [1.29, 1.82) is 0 Å². The summed E-state index contributed by atoms with van der Waals surface area (Å²) in [6.45, 7) is 4.67. The van der Waals surface area contributed by atoms with E-state index >= 15 is 0 Å². The molecule has 5 nitrogen and oxygen atoms in total. The van der Waals surface area contributed by atoms with Gasteiger partial charge in [0.1, 0.15) is 11.4 Å². The highest BCUT2D eigenvalue weighted by molar-refractivity contribution is 6.30. The second-order valence-corrected chi connectivity index (χ2v) is 9.83. The third kappa shape index (κ3) is 6.23. The lowest BCUT2D eigenvalue weighted by molar-refractivity contribution is -0.137. The molecule has 0 saturated heterocycles. The maximum absolute atomic E-state index is 13.4. The topological polar surface area (TPSA) is 66.8 Å². The minimum Gasteiger partial charge on any atom is -0.487 e. The first-order valence-electron chi connectivity index (χ1n) is 11.9. The molecule has 1 atom stereocenters. The highest BCUT2D eigenvalue weighted by Crippen LogP contribution is 2.37. The fourth-order valence-electron chi connectivity index (χ4n) is 4.55. The van der Waals surface area contributed by atoms with E-state index in [2.05, 4.69) is 38.1 Å². The Balaban J connectivity index is 1.50. The van der Waals surface area contributed by atoms with Gasteiger partial charge in [0.2, 0.25) is 0 Å². The summed E-state index contributed by atoms with van der Waals surface area (Å²) in [4.78, 5) is 26.2. The van der Waals surface area contributed by atoms with Crippen molar-refractivity contribution in [3.63, 3.8) is 0 Å². The second-order valence-electron chi connectivity index (χ2n) is 9.39. The number of carboxylic acid groups (broad SMARTS) is 1. The first-order valence-corrected chi connectivity index (χ1v) is 12.3. The summed E-state index contributed by atoms with van der Waals surface area (Å²) in [5.74, 6) is -0.347. The fourth-order valence-corrected chi connectivity index (χ4v) is 4.68. The summed E-state index contributed by atoms with van der Waals surface area (Å²) in [5.41, 5.74) is 4.56. The van der Waals surface area contributed by atoms with Crippen molar-refractivity contribution in [3.05, 3.63) is 99.6 Å². The van der Waals surface area contributed by atoms with Crippen LogP contribution in [0.4, 0.5) is 0 Å². The van der Waals surface area contributed by atoms with Gasteiger partial charge in [0, 0.05) is 36.5 Å². The molecule has 3 aromatic rings. The van der Waals surface area contributed by atoms with Gasteiger partial charge in [-0.15, -0.1) is 0 Å². The summed E-state index contributed by atoms with van der Waals surface area (Å²) >= 11 is 5.98. The molecule has 0 saturated carbocycles. The van der Waals surface area contributed by atoms with E-state index in [1.807, 2.05) is 24.3 Å². The summed E-state index contributed by atoms with van der Waals surface area (Å²) in [7, 11) is 0. The molecule has 3 aromatic carbocycles. The number of nitrogens with zero attached hydrogens (tertiary/aromatic N) is 1. The number of aryl methyl sites for hydroxylation is 1. The number of carbonyl (C=O) groups excluding carboxylic acids is 1. The van der Waals surface area contributed by atoms with E-state index < -0.39 is 5.97 Å². The van der Waals surface area contributed by atoms with Gasteiger partial charge in [0.15, 0.2) is 0 Å². The standard InChI is InChI=1S/C29H30ClNO4/c1-3-20-4-6-21(7-5-20)17-29(2)18-24-16-23(10-13-26(24)35-29)28(34)31(15-14-27(32)33)19-22-8-11-25(30)12-9-22/h4-13,16H,3,14-15,17-19H2,1-2H3,(H,32,33)/t29-/m1/s1. The molecule has 6 heteroatoms. The Labute approximate surface area is 211 Å². The summed E-state index contributed by atoms with van der Waals surface area (Å²) in [6, 6.07) is 21.3. The van der Waals surface area contributed by atoms with Gasteiger partial charge in [0.05, 0.1) is 6.42 Å². The predicted molar refractivity (Wildman–Crippen MR) is 137 cm³/mol. The largest absolute Gasteiger partial charge is 0.487 e. The van der Waals surface area contributed by atoms with Gasteiger partial charge in [-0.25, -0.2) is 0 Å². The highest BCUT2D eigenvalue weighted by Gasteiger charge is 2.35. The molecule has 0 bridgehead atoms. The van der Waals surface area contributed by atoms with Crippen LogP contribution in [0.5, 0.6) is 5.75 Å². The Morgan fingerprint density at radius 3 is 2.31 bits per heavy atom. The van der Waals surface area contributed by atoms with Crippen LogP contribution in [0.1, 0.15) is 52.9 Å². The molecule has 0 spiro atoms. The van der Waals surface area contributed by atoms with Gasteiger partial charge in [-0.3, -0.25) is 9.59 Å². The fraction of sp³-hybridized carbons (Fsp3) is 0.310. The quantitative estimate of drug-likeness (QED) is 0.401. The van der Waals surface area contributed by atoms with Crippen LogP contribution in [0.25, 0.3) is 0 Å². The molecule has 1 aliphatic rings. The molecular weight excluding hydrogens is 462 g/mol. The summed E-state index contributed by atoms with van der Waals surface area (Å²) in [5, 5.41) is 9.79. The van der Waals surface area contributed by atoms with E-state index in [9.17, 15) is 14.7 Å². The third-order valence-electron chi connectivity index (χ3n) is 6.41.